The second-order valence-electron chi connectivity index (χ2n) is 8.63. The van der Waals surface area contributed by atoms with Crippen LogP contribution in [0, 0.1) is 19.8 Å². The molecule has 2 fully saturated rings. The SMILES string of the molecule is Cc1cc(/C=C2/SC(=O)N(CC3CCCCC3)C2=O)c(C)n1C(C)(C)C. The summed E-state index contributed by atoms with van der Waals surface area (Å²) in [5, 5.41) is -0.114. The van der Waals surface area contributed by atoms with Crippen molar-refractivity contribution in [2.24, 2.45) is 5.92 Å². The molecular weight excluding hydrogens is 344 g/mol. The van der Waals surface area contributed by atoms with Crippen LogP contribution in [0.3, 0.4) is 0 Å². The lowest BCUT2D eigenvalue weighted by molar-refractivity contribution is -0.123. The second-order valence-corrected chi connectivity index (χ2v) is 9.62. The lowest BCUT2D eigenvalue weighted by Crippen LogP contribution is -2.34. The molecule has 26 heavy (non-hydrogen) atoms. The number of hydrogen-bond donors (Lipinski definition) is 0. The van der Waals surface area contributed by atoms with Crippen molar-refractivity contribution in [3.63, 3.8) is 0 Å². The number of carbonyl (C=O) groups is 2. The number of carbonyl (C=O) groups excluding carboxylic acids is 2. The Balaban J connectivity index is 1.82. The Morgan fingerprint density at radius 1 is 1.15 bits per heavy atom. The first-order chi connectivity index (χ1) is 12.2. The molecule has 0 radical (unpaired) electrons. The van der Waals surface area contributed by atoms with E-state index in [0.717, 1.165) is 35.9 Å². The van der Waals surface area contributed by atoms with Crippen molar-refractivity contribution in [2.75, 3.05) is 6.54 Å². The largest absolute Gasteiger partial charge is 0.343 e. The summed E-state index contributed by atoms with van der Waals surface area (Å²) in [6.45, 7) is 11.3. The van der Waals surface area contributed by atoms with Gasteiger partial charge in [-0.15, -0.1) is 0 Å². The van der Waals surface area contributed by atoms with Crippen LogP contribution in [0.15, 0.2) is 11.0 Å². The summed E-state index contributed by atoms with van der Waals surface area (Å²) in [6.07, 6.45) is 7.88. The molecule has 0 bridgehead atoms. The van der Waals surface area contributed by atoms with Gasteiger partial charge in [-0.3, -0.25) is 14.5 Å². The molecule has 1 saturated carbocycles. The Bertz CT molecular complexity index is 749. The highest BCUT2D eigenvalue weighted by molar-refractivity contribution is 8.18. The maximum atomic E-state index is 12.8. The highest BCUT2D eigenvalue weighted by atomic mass is 32.2. The van der Waals surface area contributed by atoms with E-state index in [2.05, 4.69) is 45.3 Å². The van der Waals surface area contributed by atoms with E-state index in [4.69, 9.17) is 0 Å². The Labute approximate surface area is 161 Å². The van der Waals surface area contributed by atoms with Gasteiger partial charge in [0.25, 0.3) is 11.1 Å². The van der Waals surface area contributed by atoms with Gasteiger partial charge in [-0.2, -0.15) is 0 Å². The van der Waals surface area contributed by atoms with Crippen molar-refractivity contribution >= 4 is 29.0 Å². The van der Waals surface area contributed by atoms with Gasteiger partial charge in [-0.1, -0.05) is 19.3 Å². The highest BCUT2D eigenvalue weighted by Crippen LogP contribution is 2.36. The van der Waals surface area contributed by atoms with E-state index in [0.29, 0.717) is 17.4 Å². The predicted molar refractivity (Wildman–Crippen MR) is 108 cm³/mol. The van der Waals surface area contributed by atoms with Crippen molar-refractivity contribution in [3.05, 3.63) is 27.9 Å². The van der Waals surface area contributed by atoms with E-state index < -0.39 is 0 Å². The van der Waals surface area contributed by atoms with Crippen molar-refractivity contribution in [1.82, 2.24) is 9.47 Å². The number of imide groups is 1. The quantitative estimate of drug-likeness (QED) is 0.658. The predicted octanol–water partition coefficient (Wildman–Crippen LogP) is 5.48. The number of amides is 2. The van der Waals surface area contributed by atoms with Crippen molar-refractivity contribution in [3.8, 4) is 0 Å². The molecule has 0 atom stereocenters. The molecule has 5 heteroatoms. The molecule has 2 heterocycles. The molecule has 142 valence electrons. The zero-order valence-corrected chi connectivity index (χ0v) is 17.4. The first-order valence-corrected chi connectivity index (χ1v) is 10.4. The van der Waals surface area contributed by atoms with E-state index in [1.807, 2.05) is 6.08 Å². The van der Waals surface area contributed by atoms with Gasteiger partial charge in [0, 0.05) is 23.5 Å². The zero-order valence-electron chi connectivity index (χ0n) is 16.6. The van der Waals surface area contributed by atoms with Gasteiger partial charge < -0.3 is 4.57 Å². The van der Waals surface area contributed by atoms with Crippen LogP contribution in [0.1, 0.15) is 69.8 Å². The molecule has 4 nitrogen and oxygen atoms in total. The number of rotatable bonds is 3. The average molecular weight is 375 g/mol. The monoisotopic (exact) mass is 374 g/mol. The van der Waals surface area contributed by atoms with Crippen molar-refractivity contribution in [2.45, 2.75) is 72.3 Å². The molecule has 1 aromatic rings. The maximum Gasteiger partial charge on any atom is 0.293 e. The third kappa shape index (κ3) is 3.78. The van der Waals surface area contributed by atoms with Crippen molar-refractivity contribution < 1.29 is 9.59 Å². The molecule has 0 unspecified atom stereocenters. The number of aromatic nitrogens is 1. The molecule has 1 saturated heterocycles. The maximum absolute atomic E-state index is 12.8. The molecule has 1 aliphatic heterocycles. The number of aryl methyl sites for hydroxylation is 1. The fraction of sp³-hybridized carbons (Fsp3) is 0.619. The summed E-state index contributed by atoms with van der Waals surface area (Å²) in [5.74, 6) is 0.355. The van der Waals surface area contributed by atoms with Crippen LogP contribution in [0.4, 0.5) is 4.79 Å². The second kappa shape index (κ2) is 7.26. The average Bonchev–Trinajstić information content (AvgIpc) is 2.98. The summed E-state index contributed by atoms with van der Waals surface area (Å²) >= 11 is 1.09. The van der Waals surface area contributed by atoms with Gasteiger partial charge in [0.05, 0.1) is 4.91 Å². The number of thioether (sulfide) groups is 1. The van der Waals surface area contributed by atoms with E-state index in [1.165, 1.54) is 29.9 Å². The first-order valence-electron chi connectivity index (χ1n) is 9.63. The summed E-state index contributed by atoms with van der Waals surface area (Å²) in [4.78, 5) is 27.2. The molecule has 0 spiro atoms. The highest BCUT2D eigenvalue weighted by Gasteiger charge is 2.36. The summed E-state index contributed by atoms with van der Waals surface area (Å²) in [7, 11) is 0. The summed E-state index contributed by atoms with van der Waals surface area (Å²) in [6, 6.07) is 2.11. The minimum Gasteiger partial charge on any atom is -0.343 e. The third-order valence-electron chi connectivity index (χ3n) is 5.47. The molecule has 2 aliphatic rings. The van der Waals surface area contributed by atoms with Crippen LogP contribution < -0.4 is 0 Å². The Kier molecular flexibility index (Phi) is 5.38. The lowest BCUT2D eigenvalue weighted by Gasteiger charge is -2.25. The van der Waals surface area contributed by atoms with Gasteiger partial charge in [0.1, 0.15) is 0 Å². The minimum atomic E-state index is -0.119. The molecule has 2 amide bonds. The molecule has 3 rings (SSSR count). The zero-order chi connectivity index (χ0) is 19.1. The van der Waals surface area contributed by atoms with Crippen molar-refractivity contribution in [1.29, 1.82) is 0 Å². The van der Waals surface area contributed by atoms with Crippen LogP contribution in [0.5, 0.6) is 0 Å². The lowest BCUT2D eigenvalue weighted by atomic mass is 9.89. The van der Waals surface area contributed by atoms with Crippen LogP contribution in [0.2, 0.25) is 0 Å². The minimum absolute atomic E-state index is 0.0133. The fourth-order valence-electron chi connectivity index (χ4n) is 4.39. The molecule has 1 aliphatic carbocycles. The molecule has 0 N–H and O–H groups in total. The van der Waals surface area contributed by atoms with Crippen LogP contribution in [-0.4, -0.2) is 27.2 Å². The van der Waals surface area contributed by atoms with Crippen LogP contribution in [0.25, 0.3) is 6.08 Å². The van der Waals surface area contributed by atoms with Crippen LogP contribution in [-0.2, 0) is 10.3 Å². The molecule has 0 aromatic carbocycles. The molecule has 1 aromatic heterocycles. The smallest absolute Gasteiger partial charge is 0.293 e. The van der Waals surface area contributed by atoms with Gasteiger partial charge in [0.2, 0.25) is 0 Å². The Hall–Kier alpha value is -1.49. The van der Waals surface area contributed by atoms with Crippen LogP contribution >= 0.6 is 11.8 Å². The Morgan fingerprint density at radius 2 is 1.81 bits per heavy atom. The summed E-state index contributed by atoms with van der Waals surface area (Å²) in [5.41, 5.74) is 3.32. The Morgan fingerprint density at radius 3 is 2.38 bits per heavy atom. The normalized spacial score (nSPS) is 21.3. The fourth-order valence-corrected chi connectivity index (χ4v) is 5.23. The first kappa shape index (κ1) is 19.3. The van der Waals surface area contributed by atoms with Gasteiger partial charge >= 0.3 is 0 Å². The number of nitrogens with zero attached hydrogens (tertiary/aromatic N) is 2. The third-order valence-corrected chi connectivity index (χ3v) is 6.37. The van der Waals surface area contributed by atoms with E-state index in [-0.39, 0.29) is 16.7 Å². The number of hydrogen-bond acceptors (Lipinski definition) is 3. The topological polar surface area (TPSA) is 42.3 Å². The van der Waals surface area contributed by atoms with E-state index in [1.54, 1.807) is 0 Å². The summed E-state index contributed by atoms with van der Waals surface area (Å²) < 4.78 is 2.28. The van der Waals surface area contributed by atoms with E-state index in [9.17, 15) is 9.59 Å². The van der Waals surface area contributed by atoms with Gasteiger partial charge in [0.15, 0.2) is 0 Å². The standard InChI is InChI=1S/C21H30N2O2S/c1-14-11-17(15(2)23(14)21(3,4)5)12-18-19(24)22(20(25)26-18)13-16-9-7-6-8-10-16/h11-12,16H,6-10,13H2,1-5H3/b18-12+. The van der Waals surface area contributed by atoms with E-state index >= 15 is 0 Å². The van der Waals surface area contributed by atoms with Gasteiger partial charge in [-0.05, 0) is 82.8 Å². The molecular formula is C21H30N2O2S. The van der Waals surface area contributed by atoms with Gasteiger partial charge in [-0.25, -0.2) is 0 Å².